The van der Waals surface area contributed by atoms with E-state index in [1.165, 1.54) is 64.2 Å². The molecule has 0 saturated heterocycles. The Morgan fingerprint density at radius 3 is 2.60 bits per heavy atom. The monoisotopic (exact) mass is 348 g/mol. The largest absolute Gasteiger partial charge is 0.465 e. The summed E-state index contributed by atoms with van der Waals surface area (Å²) in [6.45, 7) is 4.76. The number of methoxy groups -OCH3 is 1. The number of carbonyl (C=O) groups excluding carboxylic acids is 1. The summed E-state index contributed by atoms with van der Waals surface area (Å²) in [5, 5.41) is 0. The van der Waals surface area contributed by atoms with Crippen LogP contribution in [0.4, 0.5) is 0 Å². The van der Waals surface area contributed by atoms with Crippen LogP contribution in [0.3, 0.4) is 0 Å². The first-order valence-electron chi connectivity index (χ1n) is 10.7. The second-order valence-corrected chi connectivity index (χ2v) is 9.76. The van der Waals surface area contributed by atoms with Gasteiger partial charge in [-0.05, 0) is 80.5 Å². The van der Waals surface area contributed by atoms with Crippen LogP contribution >= 0.6 is 0 Å². The molecular formula is C22H36O3. The summed E-state index contributed by atoms with van der Waals surface area (Å²) in [4.78, 5) is 11.6. The highest BCUT2D eigenvalue weighted by Crippen LogP contribution is 2.66. The molecule has 25 heavy (non-hydrogen) atoms. The minimum Gasteiger partial charge on any atom is -0.465 e. The summed E-state index contributed by atoms with van der Waals surface area (Å²) >= 11 is 0. The van der Waals surface area contributed by atoms with Crippen molar-refractivity contribution in [2.45, 2.75) is 84.2 Å². The molecule has 4 saturated carbocycles. The van der Waals surface area contributed by atoms with Gasteiger partial charge in [-0.3, -0.25) is 4.79 Å². The summed E-state index contributed by atoms with van der Waals surface area (Å²) in [7, 11) is 1.91. The first-order chi connectivity index (χ1) is 12.0. The van der Waals surface area contributed by atoms with Crippen molar-refractivity contribution in [2.24, 2.45) is 34.5 Å². The molecule has 3 heteroatoms. The first-order valence-corrected chi connectivity index (χ1v) is 10.7. The van der Waals surface area contributed by atoms with Gasteiger partial charge in [0, 0.05) is 19.4 Å². The molecule has 0 aliphatic heterocycles. The number of ether oxygens (including phenoxy) is 2. The molecule has 0 spiro atoms. The predicted molar refractivity (Wildman–Crippen MR) is 98.1 cm³/mol. The van der Waals surface area contributed by atoms with Gasteiger partial charge in [0.2, 0.25) is 0 Å². The minimum absolute atomic E-state index is 0.0956. The normalized spacial score (nSPS) is 49.0. The number of fused-ring (bicyclic) bond motifs is 5. The summed E-state index contributed by atoms with van der Waals surface area (Å²) in [5.74, 6) is 3.09. The fourth-order valence-electron chi connectivity index (χ4n) is 7.93. The molecule has 0 aromatic heterocycles. The SMILES string of the molecule is CO[C@H]1CC[C@H]2[C@@H]3CC[C@H]4CCCC[C@]4(COC(C)=O)[C@H]3CC[C@]12C. The standard InChI is InChI=1S/C22H36O3/c1-15(23)25-14-22-12-5-4-6-16(22)7-8-17-18-9-10-20(24-3)21(18,2)13-11-19(17)22/h16-20H,4-14H2,1-3H3/t16-,17+,18+,19+,20+,21+,22-/m1/s1. The molecule has 0 aromatic carbocycles. The van der Waals surface area contributed by atoms with Gasteiger partial charge in [0.25, 0.3) is 0 Å². The highest BCUT2D eigenvalue weighted by atomic mass is 16.5. The second-order valence-electron chi connectivity index (χ2n) is 9.76. The zero-order chi connectivity index (χ0) is 17.7. The maximum absolute atomic E-state index is 11.6. The second kappa shape index (κ2) is 6.55. The Morgan fingerprint density at radius 1 is 1.00 bits per heavy atom. The number of hydrogen-bond acceptors (Lipinski definition) is 3. The van der Waals surface area contributed by atoms with Gasteiger partial charge in [-0.25, -0.2) is 0 Å². The van der Waals surface area contributed by atoms with E-state index in [0.717, 1.165) is 23.7 Å². The molecular weight excluding hydrogens is 312 g/mol. The first kappa shape index (κ1) is 17.8. The molecule has 3 nitrogen and oxygen atoms in total. The Balaban J connectivity index is 1.63. The Morgan fingerprint density at radius 2 is 1.84 bits per heavy atom. The molecule has 0 amide bonds. The maximum Gasteiger partial charge on any atom is 0.302 e. The predicted octanol–water partition coefficient (Wildman–Crippen LogP) is 4.98. The molecule has 0 unspecified atom stereocenters. The molecule has 0 N–H and O–H groups in total. The van der Waals surface area contributed by atoms with Gasteiger partial charge in [0.15, 0.2) is 0 Å². The van der Waals surface area contributed by atoms with Crippen molar-refractivity contribution in [3.63, 3.8) is 0 Å². The lowest BCUT2D eigenvalue weighted by Crippen LogP contribution is -2.56. The molecule has 4 aliphatic rings. The third-order valence-corrected chi connectivity index (χ3v) is 9.02. The van der Waals surface area contributed by atoms with E-state index in [2.05, 4.69) is 6.92 Å². The van der Waals surface area contributed by atoms with Gasteiger partial charge in [0.05, 0.1) is 12.7 Å². The van der Waals surface area contributed by atoms with E-state index in [4.69, 9.17) is 9.47 Å². The van der Waals surface area contributed by atoms with Gasteiger partial charge < -0.3 is 9.47 Å². The summed E-state index contributed by atoms with van der Waals surface area (Å²) in [6.07, 6.45) is 13.7. The maximum atomic E-state index is 11.6. The number of carbonyl (C=O) groups is 1. The van der Waals surface area contributed by atoms with Crippen LogP contribution in [0.2, 0.25) is 0 Å². The molecule has 4 aliphatic carbocycles. The molecule has 0 aromatic rings. The average Bonchev–Trinajstić information content (AvgIpc) is 2.96. The number of hydrogen-bond donors (Lipinski definition) is 0. The highest BCUT2D eigenvalue weighted by Gasteiger charge is 2.61. The Hall–Kier alpha value is -0.570. The summed E-state index contributed by atoms with van der Waals surface area (Å²) in [5.41, 5.74) is 0.652. The quantitative estimate of drug-likeness (QED) is 0.675. The highest BCUT2D eigenvalue weighted by molar-refractivity contribution is 5.65. The van der Waals surface area contributed by atoms with Crippen LogP contribution in [0.15, 0.2) is 0 Å². The van der Waals surface area contributed by atoms with Gasteiger partial charge in [-0.2, -0.15) is 0 Å². The van der Waals surface area contributed by atoms with E-state index < -0.39 is 0 Å². The van der Waals surface area contributed by atoms with Crippen molar-refractivity contribution in [1.82, 2.24) is 0 Å². The Labute approximate surface area is 153 Å². The lowest BCUT2D eigenvalue weighted by molar-refractivity contribution is -0.170. The van der Waals surface area contributed by atoms with Crippen molar-refractivity contribution >= 4 is 5.97 Å². The van der Waals surface area contributed by atoms with Crippen molar-refractivity contribution in [2.75, 3.05) is 13.7 Å². The zero-order valence-corrected chi connectivity index (χ0v) is 16.4. The van der Waals surface area contributed by atoms with Gasteiger partial charge >= 0.3 is 5.97 Å². The fraction of sp³-hybridized carbons (Fsp3) is 0.955. The fourth-order valence-corrected chi connectivity index (χ4v) is 7.93. The molecule has 0 bridgehead atoms. The molecule has 4 fully saturated rings. The van der Waals surface area contributed by atoms with E-state index in [9.17, 15) is 4.79 Å². The third-order valence-electron chi connectivity index (χ3n) is 9.02. The van der Waals surface area contributed by atoms with E-state index in [1.54, 1.807) is 6.92 Å². The van der Waals surface area contributed by atoms with Gasteiger partial charge in [-0.15, -0.1) is 0 Å². The Kier molecular flexibility index (Phi) is 4.67. The lowest BCUT2D eigenvalue weighted by atomic mass is 9.45. The Bertz CT molecular complexity index is 517. The van der Waals surface area contributed by atoms with Crippen LogP contribution in [0.5, 0.6) is 0 Å². The molecule has 0 heterocycles. The van der Waals surface area contributed by atoms with Crippen LogP contribution in [0.25, 0.3) is 0 Å². The topological polar surface area (TPSA) is 35.5 Å². The number of rotatable bonds is 3. The summed E-state index contributed by atoms with van der Waals surface area (Å²) in [6, 6.07) is 0. The third kappa shape index (κ3) is 2.67. The van der Waals surface area contributed by atoms with Gasteiger partial charge in [0.1, 0.15) is 0 Å². The van der Waals surface area contributed by atoms with Gasteiger partial charge in [-0.1, -0.05) is 19.8 Å². The smallest absolute Gasteiger partial charge is 0.302 e. The van der Waals surface area contributed by atoms with E-state index in [0.29, 0.717) is 18.1 Å². The van der Waals surface area contributed by atoms with E-state index >= 15 is 0 Å². The van der Waals surface area contributed by atoms with Crippen molar-refractivity contribution in [3.8, 4) is 0 Å². The summed E-state index contributed by atoms with van der Waals surface area (Å²) < 4.78 is 11.6. The molecule has 142 valence electrons. The van der Waals surface area contributed by atoms with Crippen LogP contribution in [0.1, 0.15) is 78.1 Å². The molecule has 0 radical (unpaired) electrons. The minimum atomic E-state index is -0.0956. The lowest BCUT2D eigenvalue weighted by Gasteiger charge is -2.61. The molecule has 4 rings (SSSR count). The van der Waals surface area contributed by atoms with Crippen LogP contribution < -0.4 is 0 Å². The zero-order valence-electron chi connectivity index (χ0n) is 16.4. The van der Waals surface area contributed by atoms with Crippen molar-refractivity contribution in [3.05, 3.63) is 0 Å². The average molecular weight is 349 g/mol. The van der Waals surface area contributed by atoms with Crippen LogP contribution in [0, 0.1) is 34.5 Å². The van der Waals surface area contributed by atoms with Crippen LogP contribution in [-0.4, -0.2) is 25.8 Å². The van der Waals surface area contributed by atoms with E-state index in [1.807, 2.05) is 7.11 Å². The molecule has 7 atom stereocenters. The van der Waals surface area contributed by atoms with Crippen molar-refractivity contribution in [1.29, 1.82) is 0 Å². The number of esters is 1. The van der Waals surface area contributed by atoms with Crippen LogP contribution in [-0.2, 0) is 14.3 Å². The van der Waals surface area contributed by atoms with E-state index in [-0.39, 0.29) is 11.4 Å². The van der Waals surface area contributed by atoms with Crippen molar-refractivity contribution < 1.29 is 14.3 Å².